The molecule has 6 nitrogen and oxygen atoms in total. The van der Waals surface area contributed by atoms with Crippen LogP contribution in [0.5, 0.6) is 11.6 Å². The van der Waals surface area contributed by atoms with Gasteiger partial charge >= 0.3 is 6.18 Å². The number of hydrogen-bond donors (Lipinski definition) is 2. The highest BCUT2D eigenvalue weighted by molar-refractivity contribution is 6.04. The molecular formula is C20H13F3N4O2. The molecule has 0 atom stereocenters. The lowest BCUT2D eigenvalue weighted by atomic mass is 10.2. The molecule has 0 bridgehead atoms. The first-order valence-electron chi connectivity index (χ1n) is 8.46. The van der Waals surface area contributed by atoms with Crippen LogP contribution in [-0.4, -0.2) is 20.9 Å². The quantitative estimate of drug-likeness (QED) is 0.506. The highest BCUT2D eigenvalue weighted by Crippen LogP contribution is 2.30. The summed E-state index contributed by atoms with van der Waals surface area (Å²) in [5.41, 5.74) is 1.03. The average Bonchev–Trinajstić information content (AvgIpc) is 3.10. The zero-order valence-corrected chi connectivity index (χ0v) is 14.7. The first-order valence-corrected chi connectivity index (χ1v) is 8.46. The first kappa shape index (κ1) is 18.5. The normalized spacial score (nSPS) is 11.4. The summed E-state index contributed by atoms with van der Waals surface area (Å²) < 4.78 is 43.1. The fourth-order valence-corrected chi connectivity index (χ4v) is 2.60. The lowest BCUT2D eigenvalue weighted by Gasteiger charge is -2.08. The number of nitrogens with zero attached hydrogens (tertiary/aromatic N) is 2. The van der Waals surface area contributed by atoms with Crippen LogP contribution in [0.15, 0.2) is 66.9 Å². The molecule has 1 amide bonds. The molecule has 4 aromatic rings. The van der Waals surface area contributed by atoms with Crippen LogP contribution in [0.4, 0.5) is 19.1 Å². The number of fused-ring (bicyclic) bond motifs is 1. The second-order valence-electron chi connectivity index (χ2n) is 6.07. The molecule has 0 spiro atoms. The number of rotatable bonds is 4. The monoisotopic (exact) mass is 398 g/mol. The van der Waals surface area contributed by atoms with Crippen molar-refractivity contribution in [3.63, 3.8) is 0 Å². The molecule has 2 N–H and O–H groups in total. The summed E-state index contributed by atoms with van der Waals surface area (Å²) in [6, 6.07) is 15.5. The number of alkyl halides is 3. The molecule has 0 saturated carbocycles. The van der Waals surface area contributed by atoms with Gasteiger partial charge in [-0.3, -0.25) is 10.1 Å². The largest absolute Gasteiger partial charge is 0.439 e. The van der Waals surface area contributed by atoms with E-state index in [4.69, 9.17) is 4.74 Å². The number of amides is 1. The van der Waals surface area contributed by atoms with E-state index in [1.807, 2.05) is 24.3 Å². The second kappa shape index (κ2) is 7.27. The first-order chi connectivity index (χ1) is 13.9. The van der Waals surface area contributed by atoms with E-state index in [0.29, 0.717) is 23.5 Å². The Labute approximate surface area is 162 Å². The summed E-state index contributed by atoms with van der Waals surface area (Å²) in [5.74, 6) is 0.295. The molecule has 0 saturated heterocycles. The van der Waals surface area contributed by atoms with Crippen molar-refractivity contribution in [1.29, 1.82) is 0 Å². The van der Waals surface area contributed by atoms with E-state index in [0.717, 1.165) is 23.2 Å². The summed E-state index contributed by atoms with van der Waals surface area (Å²) >= 11 is 0. The summed E-state index contributed by atoms with van der Waals surface area (Å²) in [6.45, 7) is 0. The summed E-state index contributed by atoms with van der Waals surface area (Å²) in [4.78, 5) is 23.3. The third kappa shape index (κ3) is 4.18. The van der Waals surface area contributed by atoms with E-state index < -0.39 is 11.7 Å². The van der Waals surface area contributed by atoms with Crippen LogP contribution in [0.3, 0.4) is 0 Å². The van der Waals surface area contributed by atoms with E-state index in [-0.39, 0.29) is 11.8 Å². The number of hydrogen-bond acceptors (Lipinski definition) is 4. The molecular weight excluding hydrogens is 385 g/mol. The maximum atomic E-state index is 12.6. The maximum absolute atomic E-state index is 12.6. The number of carbonyl (C=O) groups is 1. The van der Waals surface area contributed by atoms with Crippen molar-refractivity contribution in [3.8, 4) is 11.6 Å². The molecule has 0 radical (unpaired) electrons. The van der Waals surface area contributed by atoms with Crippen LogP contribution in [0, 0.1) is 0 Å². The number of aromatic nitrogens is 3. The fraction of sp³-hybridized carbons (Fsp3) is 0.0500. The Balaban J connectivity index is 1.42. The zero-order chi connectivity index (χ0) is 20.4. The fourth-order valence-electron chi connectivity index (χ4n) is 2.60. The Morgan fingerprint density at radius 1 is 1.00 bits per heavy atom. The van der Waals surface area contributed by atoms with Crippen LogP contribution in [-0.2, 0) is 6.18 Å². The number of nitrogens with one attached hydrogen (secondary N) is 2. The molecule has 4 rings (SSSR count). The van der Waals surface area contributed by atoms with Gasteiger partial charge in [-0.2, -0.15) is 13.2 Å². The lowest BCUT2D eigenvalue weighted by molar-refractivity contribution is -0.137. The van der Waals surface area contributed by atoms with Gasteiger partial charge in [0.25, 0.3) is 5.91 Å². The Morgan fingerprint density at radius 3 is 2.41 bits per heavy atom. The SMILES string of the molecule is O=C(Nc1nc2ccccc2[nH]1)c1ccc(Oc2ccc(C(F)(F)F)cn2)cc1. The van der Waals surface area contributed by atoms with Crippen LogP contribution >= 0.6 is 0 Å². The van der Waals surface area contributed by atoms with Crippen LogP contribution in [0.2, 0.25) is 0 Å². The predicted molar refractivity (Wildman–Crippen MR) is 99.8 cm³/mol. The van der Waals surface area contributed by atoms with Crippen molar-refractivity contribution in [2.75, 3.05) is 5.32 Å². The molecule has 0 fully saturated rings. The van der Waals surface area contributed by atoms with Gasteiger partial charge in [-0.05, 0) is 42.5 Å². The average molecular weight is 398 g/mol. The Kier molecular flexibility index (Phi) is 4.63. The van der Waals surface area contributed by atoms with Gasteiger partial charge in [0.1, 0.15) is 5.75 Å². The van der Waals surface area contributed by atoms with Gasteiger partial charge in [-0.1, -0.05) is 12.1 Å². The zero-order valence-electron chi connectivity index (χ0n) is 14.7. The molecule has 2 aromatic heterocycles. The van der Waals surface area contributed by atoms with Gasteiger partial charge in [-0.15, -0.1) is 0 Å². The van der Waals surface area contributed by atoms with Crippen LogP contribution in [0.1, 0.15) is 15.9 Å². The highest BCUT2D eigenvalue weighted by Gasteiger charge is 2.30. The topological polar surface area (TPSA) is 79.9 Å². The van der Waals surface area contributed by atoms with Crippen molar-refractivity contribution in [2.45, 2.75) is 6.18 Å². The van der Waals surface area contributed by atoms with Crippen molar-refractivity contribution in [3.05, 3.63) is 78.0 Å². The number of carbonyl (C=O) groups excluding carboxylic acids is 1. The molecule has 2 aromatic carbocycles. The van der Waals surface area contributed by atoms with E-state index in [1.54, 1.807) is 0 Å². The van der Waals surface area contributed by atoms with Crippen molar-refractivity contribution >= 4 is 22.9 Å². The molecule has 0 aliphatic rings. The van der Waals surface area contributed by atoms with Crippen molar-refractivity contribution in [1.82, 2.24) is 15.0 Å². The van der Waals surface area contributed by atoms with Gasteiger partial charge in [-0.25, -0.2) is 9.97 Å². The summed E-state index contributed by atoms with van der Waals surface area (Å²) in [5, 5.41) is 2.67. The van der Waals surface area contributed by atoms with E-state index in [1.165, 1.54) is 24.3 Å². The summed E-state index contributed by atoms with van der Waals surface area (Å²) in [6.07, 6.45) is -3.76. The molecule has 146 valence electrons. The van der Waals surface area contributed by atoms with Gasteiger partial charge in [0.2, 0.25) is 11.8 Å². The predicted octanol–water partition coefficient (Wildman–Crippen LogP) is 5.02. The number of para-hydroxylation sites is 2. The van der Waals surface area contributed by atoms with Crippen LogP contribution in [0.25, 0.3) is 11.0 Å². The molecule has 0 aliphatic carbocycles. The minimum atomic E-state index is -4.46. The van der Waals surface area contributed by atoms with E-state index in [2.05, 4.69) is 20.3 Å². The molecule has 9 heteroatoms. The second-order valence-corrected chi connectivity index (χ2v) is 6.07. The van der Waals surface area contributed by atoms with Gasteiger partial charge < -0.3 is 9.72 Å². The highest BCUT2D eigenvalue weighted by atomic mass is 19.4. The third-order valence-electron chi connectivity index (χ3n) is 4.02. The number of ether oxygens (including phenoxy) is 1. The minimum Gasteiger partial charge on any atom is -0.439 e. The van der Waals surface area contributed by atoms with E-state index >= 15 is 0 Å². The standard InChI is InChI=1S/C20H13F3N4O2/c21-20(22,23)13-7-10-17(24-11-13)29-14-8-5-12(6-9-14)18(28)27-19-25-15-3-1-2-4-16(15)26-19/h1-11H,(H2,25,26,27,28). The maximum Gasteiger partial charge on any atom is 0.417 e. The Hall–Kier alpha value is -3.88. The minimum absolute atomic E-state index is 0.0116. The molecule has 0 unspecified atom stereocenters. The molecule has 29 heavy (non-hydrogen) atoms. The smallest absolute Gasteiger partial charge is 0.417 e. The number of pyridine rings is 1. The van der Waals surface area contributed by atoms with Gasteiger partial charge in [0.05, 0.1) is 16.6 Å². The van der Waals surface area contributed by atoms with Crippen LogP contribution < -0.4 is 10.1 Å². The van der Waals surface area contributed by atoms with Gasteiger partial charge in [0.15, 0.2) is 0 Å². The molecule has 0 aliphatic heterocycles. The number of imidazole rings is 1. The van der Waals surface area contributed by atoms with E-state index in [9.17, 15) is 18.0 Å². The number of halogens is 3. The Morgan fingerprint density at radius 2 is 1.76 bits per heavy atom. The van der Waals surface area contributed by atoms with Crippen molar-refractivity contribution < 1.29 is 22.7 Å². The number of aromatic amines is 1. The lowest BCUT2D eigenvalue weighted by Crippen LogP contribution is -2.12. The Bertz CT molecular complexity index is 1120. The molecule has 2 heterocycles. The number of benzene rings is 2. The third-order valence-corrected chi connectivity index (χ3v) is 4.02. The number of anilines is 1. The van der Waals surface area contributed by atoms with Gasteiger partial charge in [0, 0.05) is 17.8 Å². The number of H-pyrrole nitrogens is 1. The van der Waals surface area contributed by atoms with Crippen molar-refractivity contribution in [2.24, 2.45) is 0 Å². The summed E-state index contributed by atoms with van der Waals surface area (Å²) in [7, 11) is 0.